The van der Waals surface area contributed by atoms with Crippen molar-refractivity contribution in [2.24, 2.45) is 0 Å². The fourth-order valence-electron chi connectivity index (χ4n) is 4.08. The number of carbonyl (C=O) groups is 2. The predicted octanol–water partition coefficient (Wildman–Crippen LogP) is 3.18. The van der Waals surface area contributed by atoms with Crippen LogP contribution in [0.15, 0.2) is 54.1 Å². The molecular formula is C24H26N2O5. The second-order valence-electron chi connectivity index (χ2n) is 7.50. The van der Waals surface area contributed by atoms with Crippen LogP contribution < -0.4 is 9.47 Å². The molecule has 2 aliphatic heterocycles. The number of hydrogen-bond acceptors (Lipinski definition) is 6. The number of rotatable bonds is 7. The lowest BCUT2D eigenvalue weighted by Crippen LogP contribution is -2.38. The third kappa shape index (κ3) is 3.88. The summed E-state index contributed by atoms with van der Waals surface area (Å²) in [5.41, 5.74) is 1.28. The highest BCUT2D eigenvalue weighted by Gasteiger charge is 2.46. The summed E-state index contributed by atoms with van der Waals surface area (Å²) in [4.78, 5) is 29.8. The average Bonchev–Trinajstić information content (AvgIpc) is 3.37. The summed E-state index contributed by atoms with van der Waals surface area (Å²) >= 11 is 0. The number of aliphatic hydroxyl groups excluding tert-OH is 1. The Balaban J connectivity index is 1.77. The first kappa shape index (κ1) is 20.9. The van der Waals surface area contributed by atoms with Gasteiger partial charge in [-0.25, -0.2) is 0 Å². The van der Waals surface area contributed by atoms with Crippen LogP contribution in [-0.4, -0.2) is 59.6 Å². The molecule has 1 saturated heterocycles. The third-order valence-corrected chi connectivity index (χ3v) is 5.85. The molecule has 1 N–H and O–H groups in total. The summed E-state index contributed by atoms with van der Waals surface area (Å²) in [5.74, 6) is -0.408. The van der Waals surface area contributed by atoms with Crippen molar-refractivity contribution in [2.75, 3.05) is 33.0 Å². The maximum atomic E-state index is 13.1. The first-order valence-corrected chi connectivity index (χ1v) is 10.5. The van der Waals surface area contributed by atoms with E-state index in [0.717, 1.165) is 18.7 Å². The molecule has 0 saturated carbocycles. The van der Waals surface area contributed by atoms with E-state index in [0.29, 0.717) is 30.2 Å². The molecule has 0 spiro atoms. The fourth-order valence-corrected chi connectivity index (χ4v) is 4.08. The molecule has 2 heterocycles. The summed E-state index contributed by atoms with van der Waals surface area (Å²) in [6, 6.07) is 13.7. The lowest BCUT2D eigenvalue weighted by Gasteiger charge is -2.28. The van der Waals surface area contributed by atoms with Gasteiger partial charge >= 0.3 is 0 Å². The van der Waals surface area contributed by atoms with Crippen molar-refractivity contribution >= 4 is 17.4 Å². The van der Waals surface area contributed by atoms with Gasteiger partial charge < -0.3 is 24.4 Å². The van der Waals surface area contributed by atoms with Gasteiger partial charge in [-0.05, 0) is 36.9 Å². The number of ketones is 1. The number of aliphatic hydroxyl groups is 1. The maximum absolute atomic E-state index is 13.1. The number of likely N-dealkylation sites (N-methyl/N-ethyl adjacent to an activating group) is 1. The van der Waals surface area contributed by atoms with E-state index >= 15 is 0 Å². The van der Waals surface area contributed by atoms with Crippen molar-refractivity contribution in [3.63, 3.8) is 0 Å². The Bertz CT molecular complexity index is 1010. The van der Waals surface area contributed by atoms with Crippen LogP contribution in [0.4, 0.5) is 0 Å². The standard InChI is InChI=1S/C24H26N2O5/c1-3-25(4-2)12-13-26-21(16-8-6-5-7-9-16)20(23(28)24(26)29)22(27)17-10-11-18-19(14-17)31-15-30-18/h5-11,14,21,27H,3-4,12-13,15H2,1-2H3. The first-order valence-electron chi connectivity index (χ1n) is 10.5. The van der Waals surface area contributed by atoms with Crippen LogP contribution in [0.1, 0.15) is 31.0 Å². The molecule has 0 aromatic heterocycles. The van der Waals surface area contributed by atoms with Crippen molar-refractivity contribution in [3.8, 4) is 11.5 Å². The van der Waals surface area contributed by atoms with Crippen LogP contribution in [0.5, 0.6) is 11.5 Å². The molecule has 7 heteroatoms. The van der Waals surface area contributed by atoms with E-state index in [1.807, 2.05) is 30.3 Å². The topological polar surface area (TPSA) is 79.3 Å². The molecule has 1 amide bonds. The molecule has 4 rings (SSSR count). The number of carbonyl (C=O) groups excluding carboxylic acids is 2. The summed E-state index contributed by atoms with van der Waals surface area (Å²) in [6.07, 6.45) is 0. The van der Waals surface area contributed by atoms with E-state index in [-0.39, 0.29) is 18.1 Å². The molecule has 1 atom stereocenters. The second kappa shape index (κ2) is 8.81. The number of ether oxygens (including phenoxy) is 2. The minimum atomic E-state index is -0.677. The van der Waals surface area contributed by atoms with Gasteiger partial charge in [-0.3, -0.25) is 9.59 Å². The zero-order chi connectivity index (χ0) is 22.0. The Morgan fingerprint density at radius 3 is 2.48 bits per heavy atom. The Morgan fingerprint density at radius 1 is 1.06 bits per heavy atom. The Hall–Kier alpha value is -3.32. The van der Waals surface area contributed by atoms with E-state index in [1.165, 1.54) is 0 Å². The molecule has 31 heavy (non-hydrogen) atoms. The Labute approximate surface area is 181 Å². The molecule has 0 bridgehead atoms. The van der Waals surface area contributed by atoms with Gasteiger partial charge in [0.1, 0.15) is 5.76 Å². The number of likely N-dealkylation sites (tertiary alicyclic amines) is 1. The van der Waals surface area contributed by atoms with Gasteiger partial charge in [0.25, 0.3) is 11.7 Å². The SMILES string of the molecule is CCN(CC)CCN1C(=O)C(=O)C(=C(O)c2ccc3c(c2)OCO3)C1c1ccccc1. The minimum Gasteiger partial charge on any atom is -0.507 e. The van der Waals surface area contributed by atoms with Gasteiger partial charge in [-0.2, -0.15) is 0 Å². The number of Topliss-reactive ketones (excluding diaryl/α,β-unsaturated/α-hetero) is 1. The third-order valence-electron chi connectivity index (χ3n) is 5.85. The van der Waals surface area contributed by atoms with Crippen LogP contribution in [0.25, 0.3) is 5.76 Å². The predicted molar refractivity (Wildman–Crippen MR) is 116 cm³/mol. The molecule has 0 radical (unpaired) electrons. The lowest BCUT2D eigenvalue weighted by atomic mass is 9.95. The number of benzene rings is 2. The van der Waals surface area contributed by atoms with Crippen LogP contribution in [0.2, 0.25) is 0 Å². The van der Waals surface area contributed by atoms with E-state index < -0.39 is 17.7 Å². The highest BCUT2D eigenvalue weighted by atomic mass is 16.7. The molecular weight excluding hydrogens is 396 g/mol. The lowest BCUT2D eigenvalue weighted by molar-refractivity contribution is -0.140. The summed E-state index contributed by atoms with van der Waals surface area (Å²) in [6.45, 7) is 6.98. The number of fused-ring (bicyclic) bond motifs is 1. The molecule has 2 aliphatic rings. The normalized spacial score (nSPS) is 19.5. The smallest absolute Gasteiger partial charge is 0.295 e. The van der Waals surface area contributed by atoms with Gasteiger partial charge in [0.15, 0.2) is 11.5 Å². The van der Waals surface area contributed by atoms with Crippen LogP contribution in [0, 0.1) is 0 Å². The highest BCUT2D eigenvalue weighted by Crippen LogP contribution is 2.41. The van der Waals surface area contributed by atoms with Gasteiger partial charge in [0.05, 0.1) is 11.6 Å². The number of nitrogens with zero attached hydrogens (tertiary/aromatic N) is 2. The zero-order valence-electron chi connectivity index (χ0n) is 17.7. The summed E-state index contributed by atoms with van der Waals surface area (Å²) in [7, 11) is 0. The van der Waals surface area contributed by atoms with Crippen LogP contribution in [-0.2, 0) is 9.59 Å². The van der Waals surface area contributed by atoms with Crippen LogP contribution in [0.3, 0.4) is 0 Å². The number of amides is 1. The van der Waals surface area contributed by atoms with Crippen molar-refractivity contribution in [1.29, 1.82) is 0 Å². The van der Waals surface area contributed by atoms with Crippen molar-refractivity contribution in [3.05, 3.63) is 65.2 Å². The van der Waals surface area contributed by atoms with Gasteiger partial charge in [-0.1, -0.05) is 44.2 Å². The minimum absolute atomic E-state index is 0.0922. The monoisotopic (exact) mass is 422 g/mol. The molecule has 1 fully saturated rings. The Kier molecular flexibility index (Phi) is 5.95. The molecule has 1 unspecified atom stereocenters. The van der Waals surface area contributed by atoms with Crippen molar-refractivity contribution in [2.45, 2.75) is 19.9 Å². The van der Waals surface area contributed by atoms with Crippen molar-refractivity contribution in [1.82, 2.24) is 9.80 Å². The van der Waals surface area contributed by atoms with Gasteiger partial charge in [0.2, 0.25) is 6.79 Å². The van der Waals surface area contributed by atoms with Gasteiger partial charge in [0, 0.05) is 18.7 Å². The van der Waals surface area contributed by atoms with E-state index in [1.54, 1.807) is 23.1 Å². The average molecular weight is 422 g/mol. The van der Waals surface area contributed by atoms with Crippen molar-refractivity contribution < 1.29 is 24.2 Å². The first-order chi connectivity index (χ1) is 15.0. The fraction of sp³-hybridized carbons (Fsp3) is 0.333. The molecule has 7 nitrogen and oxygen atoms in total. The summed E-state index contributed by atoms with van der Waals surface area (Å²) in [5, 5.41) is 11.1. The summed E-state index contributed by atoms with van der Waals surface area (Å²) < 4.78 is 10.7. The van der Waals surface area contributed by atoms with Crippen LogP contribution >= 0.6 is 0 Å². The van der Waals surface area contributed by atoms with E-state index in [2.05, 4.69) is 18.7 Å². The molecule has 0 aliphatic carbocycles. The molecule has 162 valence electrons. The quantitative estimate of drug-likeness (QED) is 0.419. The maximum Gasteiger partial charge on any atom is 0.295 e. The molecule has 2 aromatic carbocycles. The molecule has 2 aromatic rings. The largest absolute Gasteiger partial charge is 0.507 e. The van der Waals surface area contributed by atoms with Gasteiger partial charge in [-0.15, -0.1) is 0 Å². The second-order valence-corrected chi connectivity index (χ2v) is 7.50. The van der Waals surface area contributed by atoms with E-state index in [4.69, 9.17) is 9.47 Å². The number of hydrogen-bond donors (Lipinski definition) is 1. The van der Waals surface area contributed by atoms with E-state index in [9.17, 15) is 14.7 Å². The zero-order valence-corrected chi connectivity index (χ0v) is 17.7. The highest BCUT2D eigenvalue weighted by molar-refractivity contribution is 6.46. The Morgan fingerprint density at radius 2 is 1.77 bits per heavy atom.